The Morgan fingerprint density at radius 3 is 2.95 bits per heavy atom. The van der Waals surface area contributed by atoms with Gasteiger partial charge in [0, 0.05) is 36.6 Å². The average Bonchev–Trinajstić information content (AvgIpc) is 3.02. The number of oxime groups is 1. The van der Waals surface area contributed by atoms with Gasteiger partial charge in [0.1, 0.15) is 5.82 Å². The molecule has 1 fully saturated rings. The monoisotopic (exact) mass is 286 g/mol. The summed E-state index contributed by atoms with van der Waals surface area (Å²) in [6.45, 7) is 1.82. The van der Waals surface area contributed by atoms with Crippen molar-refractivity contribution in [3.8, 4) is 0 Å². The van der Waals surface area contributed by atoms with E-state index in [2.05, 4.69) is 15.0 Å². The number of pyridine rings is 1. The Morgan fingerprint density at radius 1 is 1.43 bits per heavy atom. The van der Waals surface area contributed by atoms with Crippen LogP contribution in [0.2, 0.25) is 0 Å². The number of nitrogens with zero attached hydrogens (tertiary/aromatic N) is 3. The van der Waals surface area contributed by atoms with Crippen LogP contribution in [0.3, 0.4) is 0 Å². The Bertz CT molecular complexity index is 686. The van der Waals surface area contributed by atoms with E-state index in [0.717, 1.165) is 36.2 Å². The highest BCUT2D eigenvalue weighted by Crippen LogP contribution is 2.27. The van der Waals surface area contributed by atoms with Gasteiger partial charge >= 0.3 is 0 Å². The summed E-state index contributed by atoms with van der Waals surface area (Å²) < 4.78 is 0. The molecule has 4 N–H and O–H groups in total. The molecule has 2 aromatic rings. The maximum Gasteiger partial charge on any atom is 0.170 e. The molecule has 0 radical (unpaired) electrons. The number of anilines is 1. The second-order valence-corrected chi connectivity index (χ2v) is 5.31. The molecular weight excluding hydrogens is 268 g/mol. The second-order valence-electron chi connectivity index (χ2n) is 5.31. The van der Waals surface area contributed by atoms with Crippen LogP contribution in [0.25, 0.3) is 10.9 Å². The molecule has 1 aromatic carbocycles. The van der Waals surface area contributed by atoms with E-state index >= 15 is 0 Å². The van der Waals surface area contributed by atoms with Crippen molar-refractivity contribution >= 4 is 22.6 Å². The van der Waals surface area contributed by atoms with Gasteiger partial charge in [-0.1, -0.05) is 23.4 Å². The van der Waals surface area contributed by atoms with Crippen LogP contribution in [0.15, 0.2) is 35.5 Å². The molecule has 0 aliphatic carbocycles. The Hall–Kier alpha value is -2.34. The van der Waals surface area contributed by atoms with Crippen molar-refractivity contribution in [2.24, 2.45) is 16.8 Å². The van der Waals surface area contributed by atoms with Crippen LogP contribution in [0.5, 0.6) is 0 Å². The van der Waals surface area contributed by atoms with E-state index in [4.69, 9.17) is 10.9 Å². The van der Waals surface area contributed by atoms with Crippen LogP contribution in [0.1, 0.15) is 12.0 Å². The fourth-order valence-corrected chi connectivity index (χ4v) is 2.78. The summed E-state index contributed by atoms with van der Waals surface area (Å²) in [5.74, 6) is 1.16. The van der Waals surface area contributed by atoms with E-state index in [1.807, 2.05) is 30.3 Å². The molecule has 1 saturated heterocycles. The first kappa shape index (κ1) is 13.6. The normalized spacial score (nSPS) is 19.4. The maximum atomic E-state index is 9.26. The number of amidine groups is 1. The van der Waals surface area contributed by atoms with Gasteiger partial charge in [-0.25, -0.2) is 4.98 Å². The van der Waals surface area contributed by atoms with Crippen LogP contribution in [0, 0.1) is 5.92 Å². The second kappa shape index (κ2) is 5.57. The molecule has 0 amide bonds. The Labute approximate surface area is 122 Å². The third-order valence-electron chi connectivity index (χ3n) is 3.95. The summed E-state index contributed by atoms with van der Waals surface area (Å²) in [6, 6.07) is 9.47. The number of para-hydroxylation sites is 1. The molecule has 6 nitrogen and oxygen atoms in total. The van der Waals surface area contributed by atoms with Crippen LogP contribution >= 0.6 is 0 Å². The average molecular weight is 286 g/mol. The van der Waals surface area contributed by atoms with Crippen molar-refractivity contribution < 1.29 is 10.3 Å². The molecule has 1 unspecified atom stereocenters. The van der Waals surface area contributed by atoms with Gasteiger partial charge in [0.25, 0.3) is 0 Å². The number of aliphatic hydroxyl groups is 1. The lowest BCUT2D eigenvalue weighted by atomic mass is 10.1. The van der Waals surface area contributed by atoms with Crippen LogP contribution in [0.4, 0.5) is 5.82 Å². The molecule has 1 atom stereocenters. The van der Waals surface area contributed by atoms with Gasteiger partial charge in [0.05, 0.1) is 5.52 Å². The van der Waals surface area contributed by atoms with Gasteiger partial charge in [0.15, 0.2) is 5.84 Å². The fourth-order valence-electron chi connectivity index (χ4n) is 2.78. The summed E-state index contributed by atoms with van der Waals surface area (Å²) in [5.41, 5.74) is 7.28. The third kappa shape index (κ3) is 2.50. The highest BCUT2D eigenvalue weighted by Gasteiger charge is 2.23. The quantitative estimate of drug-likeness (QED) is 0.340. The fraction of sp³-hybridized carbons (Fsp3) is 0.333. The van der Waals surface area contributed by atoms with Crippen LogP contribution < -0.4 is 10.6 Å². The van der Waals surface area contributed by atoms with Crippen molar-refractivity contribution in [3.05, 3.63) is 35.9 Å². The number of rotatable bonds is 3. The Kier molecular flexibility index (Phi) is 3.62. The smallest absolute Gasteiger partial charge is 0.170 e. The van der Waals surface area contributed by atoms with Crippen molar-refractivity contribution in [2.45, 2.75) is 6.42 Å². The lowest BCUT2D eigenvalue weighted by molar-refractivity contribution is 0.238. The summed E-state index contributed by atoms with van der Waals surface area (Å²) in [5, 5.41) is 22.2. The minimum atomic E-state index is 0.0766. The predicted molar refractivity (Wildman–Crippen MR) is 81.7 cm³/mol. The molecule has 110 valence electrons. The molecule has 21 heavy (non-hydrogen) atoms. The Morgan fingerprint density at radius 2 is 2.24 bits per heavy atom. The van der Waals surface area contributed by atoms with Crippen LogP contribution in [-0.2, 0) is 0 Å². The van der Waals surface area contributed by atoms with Gasteiger partial charge < -0.3 is 20.9 Å². The van der Waals surface area contributed by atoms with Crippen molar-refractivity contribution in [1.29, 1.82) is 0 Å². The van der Waals surface area contributed by atoms with Crippen molar-refractivity contribution in [3.63, 3.8) is 0 Å². The Balaban J connectivity index is 2.08. The SMILES string of the molecule is N/C(=N/O)c1cc(N2CCC(CO)C2)nc2ccccc12. The van der Waals surface area contributed by atoms with E-state index in [9.17, 15) is 5.11 Å². The highest BCUT2D eigenvalue weighted by atomic mass is 16.4. The number of aliphatic hydroxyl groups excluding tert-OH is 1. The molecule has 1 aliphatic rings. The molecular formula is C15H18N4O2. The number of benzene rings is 1. The zero-order valence-corrected chi connectivity index (χ0v) is 11.6. The van der Waals surface area contributed by atoms with E-state index in [1.165, 1.54) is 0 Å². The molecule has 3 rings (SSSR count). The topological polar surface area (TPSA) is 95.0 Å². The standard InChI is InChI=1S/C15H18N4O2/c16-15(18-21)12-7-14(19-6-5-10(8-19)9-20)17-13-4-2-1-3-11(12)13/h1-4,7,10,20-21H,5-6,8-9H2,(H2,16,18). The number of hydrogen-bond donors (Lipinski definition) is 3. The van der Waals surface area contributed by atoms with Gasteiger partial charge in [-0.2, -0.15) is 0 Å². The van der Waals surface area contributed by atoms with Gasteiger partial charge in [-0.05, 0) is 18.6 Å². The van der Waals surface area contributed by atoms with E-state index in [0.29, 0.717) is 5.56 Å². The van der Waals surface area contributed by atoms with Gasteiger partial charge in [-0.15, -0.1) is 0 Å². The van der Waals surface area contributed by atoms with E-state index < -0.39 is 0 Å². The van der Waals surface area contributed by atoms with E-state index in [1.54, 1.807) is 0 Å². The molecule has 0 saturated carbocycles. The number of fused-ring (bicyclic) bond motifs is 1. The zero-order chi connectivity index (χ0) is 14.8. The lowest BCUT2D eigenvalue weighted by Gasteiger charge is -2.19. The maximum absolute atomic E-state index is 9.26. The lowest BCUT2D eigenvalue weighted by Crippen LogP contribution is -2.23. The van der Waals surface area contributed by atoms with Crippen LogP contribution in [-0.4, -0.2) is 40.8 Å². The zero-order valence-electron chi connectivity index (χ0n) is 11.6. The van der Waals surface area contributed by atoms with Crippen molar-refractivity contribution in [1.82, 2.24) is 4.98 Å². The third-order valence-corrected chi connectivity index (χ3v) is 3.95. The molecule has 0 spiro atoms. The summed E-state index contributed by atoms with van der Waals surface area (Å²) >= 11 is 0. The molecule has 0 bridgehead atoms. The largest absolute Gasteiger partial charge is 0.409 e. The summed E-state index contributed by atoms with van der Waals surface area (Å²) in [7, 11) is 0. The molecule has 2 heterocycles. The minimum absolute atomic E-state index is 0.0766. The van der Waals surface area contributed by atoms with Gasteiger partial charge in [-0.3, -0.25) is 0 Å². The number of nitrogens with two attached hydrogens (primary N) is 1. The summed E-state index contributed by atoms with van der Waals surface area (Å²) in [4.78, 5) is 6.78. The number of aromatic nitrogens is 1. The van der Waals surface area contributed by atoms with Crippen molar-refractivity contribution in [2.75, 3.05) is 24.6 Å². The molecule has 6 heteroatoms. The molecule has 1 aromatic heterocycles. The van der Waals surface area contributed by atoms with Gasteiger partial charge in [0.2, 0.25) is 0 Å². The first-order chi connectivity index (χ1) is 10.2. The highest BCUT2D eigenvalue weighted by molar-refractivity contribution is 6.08. The summed E-state index contributed by atoms with van der Waals surface area (Å²) in [6.07, 6.45) is 0.948. The van der Waals surface area contributed by atoms with E-state index in [-0.39, 0.29) is 18.4 Å². The first-order valence-electron chi connectivity index (χ1n) is 6.96. The number of hydrogen-bond acceptors (Lipinski definition) is 5. The molecule has 1 aliphatic heterocycles. The predicted octanol–water partition coefficient (Wildman–Crippen LogP) is 1.15. The first-order valence-corrected chi connectivity index (χ1v) is 6.96. The minimum Gasteiger partial charge on any atom is -0.409 e.